The monoisotopic (exact) mass is 324 g/mol. The summed E-state index contributed by atoms with van der Waals surface area (Å²) in [6.45, 7) is 3.36. The minimum Gasteiger partial charge on any atom is -1.00 e. The molecule has 6 heteroatoms. The summed E-state index contributed by atoms with van der Waals surface area (Å²) in [5.74, 6) is 0. The fourth-order valence-corrected chi connectivity index (χ4v) is 0.924. The van der Waals surface area contributed by atoms with Gasteiger partial charge in [-0.2, -0.15) is 0 Å². The zero-order valence-corrected chi connectivity index (χ0v) is 13.1. The minimum atomic E-state index is 0. The first-order valence-electron chi connectivity index (χ1n) is 3.87. The Kier molecular flexibility index (Phi) is 40.6. The predicted molar refractivity (Wildman–Crippen MR) is 41.5 cm³/mol. The molecule has 87 valence electrons. The van der Waals surface area contributed by atoms with E-state index in [0.717, 1.165) is 6.54 Å². The molecular weight excluding hydrogens is 312 g/mol. The van der Waals surface area contributed by atoms with Gasteiger partial charge in [-0.1, -0.05) is 19.4 Å². The number of pyridine rings is 1. The van der Waals surface area contributed by atoms with Crippen LogP contribution in [0.5, 0.6) is 0 Å². The first-order valence-corrected chi connectivity index (χ1v) is 3.87. The van der Waals surface area contributed by atoms with Gasteiger partial charge in [0.25, 0.3) is 0 Å². The summed E-state index contributed by atoms with van der Waals surface area (Å²) in [6.07, 6.45) is 6.75. The van der Waals surface area contributed by atoms with Gasteiger partial charge < -0.3 is 49.6 Å². The molecule has 0 aliphatic rings. The van der Waals surface area contributed by atoms with Crippen LogP contribution in [0.3, 0.4) is 0 Å². The molecule has 1 radical (unpaired) electrons. The van der Waals surface area contributed by atoms with Crippen LogP contribution in [-0.2, 0) is 28.3 Å². The minimum absolute atomic E-state index is 0. The second-order valence-corrected chi connectivity index (χ2v) is 2.47. The van der Waals surface area contributed by atoms with Crippen molar-refractivity contribution in [2.24, 2.45) is 0 Å². The quantitative estimate of drug-likeness (QED) is 0.384. The van der Waals surface area contributed by atoms with Crippen molar-refractivity contribution >= 4 is 0 Å². The Morgan fingerprint density at radius 1 is 0.867 bits per heavy atom. The van der Waals surface area contributed by atoms with E-state index in [2.05, 4.69) is 36.0 Å². The maximum atomic E-state index is 2.21. The maximum Gasteiger partial charge on any atom is 3.00 e. The van der Waals surface area contributed by atoms with Gasteiger partial charge in [0.2, 0.25) is 0 Å². The molecule has 0 aliphatic heterocycles. The van der Waals surface area contributed by atoms with Crippen LogP contribution in [-0.4, -0.2) is 0 Å². The molecule has 0 fully saturated rings. The Morgan fingerprint density at radius 2 is 1.33 bits per heavy atom. The van der Waals surface area contributed by atoms with Crippen LogP contribution in [0.15, 0.2) is 30.6 Å². The number of hydrogen-bond donors (Lipinski definition) is 0. The van der Waals surface area contributed by atoms with Crippen LogP contribution in [0.2, 0.25) is 0 Å². The zero-order chi connectivity index (χ0) is 7.23. The Hall–Kier alpha value is 1.02. The van der Waals surface area contributed by atoms with Crippen molar-refractivity contribution in [1.82, 2.24) is 0 Å². The van der Waals surface area contributed by atoms with E-state index in [4.69, 9.17) is 0 Å². The van der Waals surface area contributed by atoms with Crippen molar-refractivity contribution < 1.29 is 75.9 Å². The van der Waals surface area contributed by atoms with Crippen molar-refractivity contribution in [3.63, 3.8) is 0 Å². The van der Waals surface area contributed by atoms with Crippen LogP contribution in [0.1, 0.15) is 19.8 Å². The van der Waals surface area contributed by atoms with E-state index >= 15 is 0 Å². The number of aromatic nitrogens is 1. The third-order valence-electron chi connectivity index (χ3n) is 1.55. The molecular formula is C9H14Cl4NTi. The second kappa shape index (κ2) is 20.4. The predicted octanol–water partition coefficient (Wildman–Crippen LogP) is -10.2. The molecule has 0 spiro atoms. The molecule has 0 aromatic carbocycles. The fraction of sp³-hybridized carbons (Fsp3) is 0.444. The largest absolute Gasteiger partial charge is 3.00 e. The Bertz CT molecular complexity index is 187. The third kappa shape index (κ3) is 15.0. The molecule has 1 aromatic rings. The van der Waals surface area contributed by atoms with E-state index in [1.807, 2.05) is 6.07 Å². The van der Waals surface area contributed by atoms with Gasteiger partial charge in [0.15, 0.2) is 12.4 Å². The van der Waals surface area contributed by atoms with Gasteiger partial charge >= 0.3 is 21.7 Å². The first-order chi connectivity index (χ1) is 4.93. The van der Waals surface area contributed by atoms with Crippen LogP contribution in [0, 0.1) is 0 Å². The number of rotatable bonds is 3. The summed E-state index contributed by atoms with van der Waals surface area (Å²) < 4.78 is 2.21. The van der Waals surface area contributed by atoms with Crippen molar-refractivity contribution in [3.8, 4) is 0 Å². The molecule has 0 unspecified atom stereocenters. The summed E-state index contributed by atoms with van der Waals surface area (Å²) >= 11 is 0. The molecule has 0 amide bonds. The molecule has 15 heavy (non-hydrogen) atoms. The van der Waals surface area contributed by atoms with E-state index in [0.29, 0.717) is 0 Å². The standard InChI is InChI=1S/C9H14N.4ClH.Ti/c1-2-3-7-10-8-5-4-6-9-10;;;;;/h4-6,8-9H,2-3,7H2,1H3;4*1H;/q+1;;;;;+3/p-4. The van der Waals surface area contributed by atoms with E-state index in [1.165, 1.54) is 12.8 Å². The van der Waals surface area contributed by atoms with Crippen molar-refractivity contribution in [2.75, 3.05) is 0 Å². The van der Waals surface area contributed by atoms with Crippen LogP contribution < -0.4 is 54.2 Å². The van der Waals surface area contributed by atoms with Crippen molar-refractivity contribution in [3.05, 3.63) is 30.6 Å². The maximum absolute atomic E-state index is 2.21. The summed E-state index contributed by atoms with van der Waals surface area (Å²) in [6, 6.07) is 6.17. The van der Waals surface area contributed by atoms with Gasteiger partial charge in [-0.25, -0.2) is 4.57 Å². The average molecular weight is 326 g/mol. The summed E-state index contributed by atoms with van der Waals surface area (Å²) in [5.41, 5.74) is 0. The smallest absolute Gasteiger partial charge is 1.00 e. The molecule has 1 nitrogen and oxygen atoms in total. The van der Waals surface area contributed by atoms with Crippen molar-refractivity contribution in [2.45, 2.75) is 26.3 Å². The molecule has 0 saturated heterocycles. The summed E-state index contributed by atoms with van der Waals surface area (Å²) in [5, 5.41) is 0. The Morgan fingerprint density at radius 3 is 1.73 bits per heavy atom. The first kappa shape index (κ1) is 29.8. The summed E-state index contributed by atoms with van der Waals surface area (Å²) in [4.78, 5) is 0. The molecule has 0 bridgehead atoms. The topological polar surface area (TPSA) is 3.88 Å². The normalized spacial score (nSPS) is 6.47. The number of aryl methyl sites for hydroxylation is 1. The van der Waals surface area contributed by atoms with Crippen LogP contribution >= 0.6 is 0 Å². The van der Waals surface area contributed by atoms with E-state index in [9.17, 15) is 0 Å². The van der Waals surface area contributed by atoms with Gasteiger partial charge in [0.05, 0.1) is 0 Å². The molecule has 0 atom stereocenters. The van der Waals surface area contributed by atoms with E-state index < -0.39 is 0 Å². The third-order valence-corrected chi connectivity index (χ3v) is 1.55. The Labute approximate surface area is 132 Å². The SMILES string of the molecule is CCCC[n+]1ccccc1.[Cl-].[Cl-].[Cl-].[Cl-].[Ti+3]. The number of unbranched alkanes of at least 4 members (excludes halogenated alkanes) is 1. The zero-order valence-electron chi connectivity index (χ0n) is 8.47. The molecule has 1 rings (SSSR count). The average Bonchev–Trinajstić information content (AvgIpc) is 2.03. The number of nitrogens with zero attached hydrogens (tertiary/aromatic N) is 1. The van der Waals surface area contributed by atoms with Gasteiger partial charge in [0.1, 0.15) is 6.54 Å². The second-order valence-electron chi connectivity index (χ2n) is 2.47. The Balaban J connectivity index is -0.0000000667. The molecule has 1 aromatic heterocycles. The fourth-order valence-electron chi connectivity index (χ4n) is 0.924. The number of halogens is 4. The number of hydrogen-bond acceptors (Lipinski definition) is 0. The van der Waals surface area contributed by atoms with Gasteiger partial charge in [0, 0.05) is 18.6 Å². The summed E-state index contributed by atoms with van der Waals surface area (Å²) in [7, 11) is 0. The van der Waals surface area contributed by atoms with Crippen LogP contribution in [0.25, 0.3) is 0 Å². The van der Waals surface area contributed by atoms with Gasteiger partial charge in [-0.05, 0) is 0 Å². The van der Waals surface area contributed by atoms with Gasteiger partial charge in [-0.15, -0.1) is 0 Å². The van der Waals surface area contributed by atoms with Crippen LogP contribution in [0.4, 0.5) is 0 Å². The molecule has 0 N–H and O–H groups in total. The van der Waals surface area contributed by atoms with E-state index in [1.54, 1.807) is 0 Å². The van der Waals surface area contributed by atoms with Crippen molar-refractivity contribution in [1.29, 1.82) is 0 Å². The molecule has 0 aliphatic carbocycles. The molecule has 0 saturated carbocycles. The van der Waals surface area contributed by atoms with E-state index in [-0.39, 0.29) is 71.3 Å². The van der Waals surface area contributed by atoms with Gasteiger partial charge in [-0.3, -0.25) is 0 Å². The molecule has 1 heterocycles.